The number of carbonyl (C=O) groups excluding carboxylic acids is 1. The Balaban J connectivity index is 1.56. The van der Waals surface area contributed by atoms with Crippen molar-refractivity contribution >= 4 is 11.9 Å². The molecular formula is C15H24N2O3. The molecule has 0 aromatic carbocycles. The maximum absolute atomic E-state index is 12.2. The molecule has 3 aliphatic rings. The highest BCUT2D eigenvalue weighted by Crippen LogP contribution is 2.48. The van der Waals surface area contributed by atoms with Gasteiger partial charge in [0.1, 0.15) is 0 Å². The van der Waals surface area contributed by atoms with Crippen LogP contribution >= 0.6 is 0 Å². The normalized spacial score (nSPS) is 37.0. The van der Waals surface area contributed by atoms with Crippen molar-refractivity contribution in [1.82, 2.24) is 10.6 Å². The quantitative estimate of drug-likeness (QED) is 0.717. The fourth-order valence-corrected chi connectivity index (χ4v) is 4.45. The first-order valence-corrected chi connectivity index (χ1v) is 7.88. The molecule has 112 valence electrons. The number of piperidine rings is 1. The molecular weight excluding hydrogens is 256 g/mol. The van der Waals surface area contributed by atoms with Gasteiger partial charge in [0.05, 0.1) is 5.92 Å². The maximum Gasteiger partial charge on any atom is 0.308 e. The summed E-state index contributed by atoms with van der Waals surface area (Å²) in [5.74, 6) is 0.0914. The third kappa shape index (κ3) is 2.68. The summed E-state index contributed by atoms with van der Waals surface area (Å²) in [6, 6.07) is -0.125. The monoisotopic (exact) mass is 280 g/mol. The van der Waals surface area contributed by atoms with Gasteiger partial charge in [0.15, 0.2) is 0 Å². The molecule has 0 aromatic rings. The van der Waals surface area contributed by atoms with Gasteiger partial charge in [-0.25, -0.2) is 0 Å². The van der Waals surface area contributed by atoms with Crippen LogP contribution in [0.4, 0.5) is 0 Å². The minimum absolute atomic E-state index is 0.0562. The lowest BCUT2D eigenvalue weighted by molar-refractivity contribution is -0.144. The molecule has 1 aliphatic heterocycles. The Morgan fingerprint density at radius 2 is 1.80 bits per heavy atom. The summed E-state index contributed by atoms with van der Waals surface area (Å²) in [7, 11) is 0. The number of carboxylic acids is 1. The van der Waals surface area contributed by atoms with Crippen molar-refractivity contribution in [2.75, 3.05) is 13.1 Å². The summed E-state index contributed by atoms with van der Waals surface area (Å²) in [5.41, 5.74) is 0. The van der Waals surface area contributed by atoms with Crippen LogP contribution in [0, 0.1) is 23.7 Å². The van der Waals surface area contributed by atoms with E-state index in [-0.39, 0.29) is 23.8 Å². The number of hydrogen-bond acceptors (Lipinski definition) is 3. The molecule has 0 aromatic heterocycles. The van der Waals surface area contributed by atoms with Gasteiger partial charge in [-0.1, -0.05) is 0 Å². The van der Waals surface area contributed by atoms with E-state index < -0.39 is 5.97 Å². The molecule has 0 radical (unpaired) electrons. The summed E-state index contributed by atoms with van der Waals surface area (Å²) in [4.78, 5) is 23.6. The summed E-state index contributed by atoms with van der Waals surface area (Å²) >= 11 is 0. The molecule has 5 heteroatoms. The van der Waals surface area contributed by atoms with Crippen molar-refractivity contribution in [2.45, 2.75) is 44.6 Å². The Kier molecular flexibility index (Phi) is 3.96. The number of fused-ring (bicyclic) bond motifs is 2. The van der Waals surface area contributed by atoms with Gasteiger partial charge in [0, 0.05) is 12.5 Å². The number of nitrogens with one attached hydrogen (secondary N) is 2. The van der Waals surface area contributed by atoms with Crippen LogP contribution in [0.15, 0.2) is 0 Å². The first-order valence-electron chi connectivity index (χ1n) is 7.88. The van der Waals surface area contributed by atoms with E-state index in [9.17, 15) is 14.7 Å². The van der Waals surface area contributed by atoms with Crippen molar-refractivity contribution in [2.24, 2.45) is 23.7 Å². The topological polar surface area (TPSA) is 78.4 Å². The molecule has 2 aliphatic carbocycles. The van der Waals surface area contributed by atoms with E-state index in [0.29, 0.717) is 18.3 Å². The SMILES string of the molecule is O=C(CC1CCNCC1)NC1C2CCC(C2)C1C(=O)O. The molecule has 1 saturated heterocycles. The number of hydrogen-bond donors (Lipinski definition) is 3. The summed E-state index contributed by atoms with van der Waals surface area (Å²) in [6.45, 7) is 1.98. The molecule has 3 fully saturated rings. The molecule has 2 saturated carbocycles. The van der Waals surface area contributed by atoms with Crippen LogP contribution in [-0.4, -0.2) is 36.1 Å². The fraction of sp³-hybridized carbons (Fsp3) is 0.867. The van der Waals surface area contributed by atoms with Crippen LogP contribution in [0.1, 0.15) is 38.5 Å². The molecule has 0 spiro atoms. The minimum Gasteiger partial charge on any atom is -0.481 e. The van der Waals surface area contributed by atoms with Gasteiger partial charge < -0.3 is 15.7 Å². The van der Waals surface area contributed by atoms with Crippen LogP contribution in [0.2, 0.25) is 0 Å². The smallest absolute Gasteiger partial charge is 0.308 e. The molecule has 4 unspecified atom stereocenters. The van der Waals surface area contributed by atoms with Crippen LogP contribution in [0.3, 0.4) is 0 Å². The van der Waals surface area contributed by atoms with Crippen LogP contribution < -0.4 is 10.6 Å². The first kappa shape index (κ1) is 13.9. The maximum atomic E-state index is 12.2. The largest absolute Gasteiger partial charge is 0.481 e. The summed E-state index contributed by atoms with van der Waals surface area (Å²) in [5, 5.41) is 15.7. The predicted octanol–water partition coefficient (Wildman–Crippen LogP) is 0.992. The molecule has 3 N–H and O–H groups in total. The van der Waals surface area contributed by atoms with E-state index in [0.717, 1.165) is 45.2 Å². The van der Waals surface area contributed by atoms with Crippen molar-refractivity contribution in [3.8, 4) is 0 Å². The number of carboxylic acid groups (broad SMARTS) is 1. The highest BCUT2D eigenvalue weighted by atomic mass is 16.4. The van der Waals surface area contributed by atoms with Crippen molar-refractivity contribution in [1.29, 1.82) is 0 Å². The molecule has 4 atom stereocenters. The van der Waals surface area contributed by atoms with Gasteiger partial charge in [-0.2, -0.15) is 0 Å². The molecule has 5 nitrogen and oxygen atoms in total. The molecule has 3 rings (SSSR count). The van der Waals surface area contributed by atoms with Crippen molar-refractivity contribution in [3.05, 3.63) is 0 Å². The molecule has 2 bridgehead atoms. The molecule has 1 heterocycles. The molecule has 1 amide bonds. The molecule has 20 heavy (non-hydrogen) atoms. The van der Waals surface area contributed by atoms with Crippen LogP contribution in [-0.2, 0) is 9.59 Å². The lowest BCUT2D eigenvalue weighted by atomic mass is 9.84. The zero-order chi connectivity index (χ0) is 14.1. The van der Waals surface area contributed by atoms with E-state index in [4.69, 9.17) is 0 Å². The van der Waals surface area contributed by atoms with E-state index in [1.807, 2.05) is 0 Å². The second-order valence-corrected chi connectivity index (χ2v) is 6.69. The Morgan fingerprint density at radius 1 is 1.10 bits per heavy atom. The number of amides is 1. The predicted molar refractivity (Wildman–Crippen MR) is 74.1 cm³/mol. The minimum atomic E-state index is -0.732. The Morgan fingerprint density at radius 3 is 2.50 bits per heavy atom. The fourth-order valence-electron chi connectivity index (χ4n) is 4.45. The average Bonchev–Trinajstić information content (AvgIpc) is 3.00. The highest BCUT2D eigenvalue weighted by molar-refractivity contribution is 5.79. The standard InChI is InChI=1S/C15H24N2O3/c18-12(7-9-3-5-16-6-4-9)17-14-11-2-1-10(8-11)13(14)15(19)20/h9-11,13-14,16H,1-8H2,(H,17,18)(H,19,20). The third-order valence-corrected chi connectivity index (χ3v) is 5.46. The lowest BCUT2D eigenvalue weighted by Gasteiger charge is -2.30. The van der Waals surface area contributed by atoms with E-state index in [1.54, 1.807) is 0 Å². The van der Waals surface area contributed by atoms with Crippen LogP contribution in [0.5, 0.6) is 0 Å². The average molecular weight is 280 g/mol. The number of carbonyl (C=O) groups is 2. The summed E-state index contributed by atoms with van der Waals surface area (Å²) < 4.78 is 0. The third-order valence-electron chi connectivity index (χ3n) is 5.46. The summed E-state index contributed by atoms with van der Waals surface area (Å²) in [6.07, 6.45) is 5.73. The van der Waals surface area contributed by atoms with Gasteiger partial charge in [-0.05, 0) is 62.9 Å². The first-order chi connectivity index (χ1) is 9.65. The van der Waals surface area contributed by atoms with Crippen LogP contribution in [0.25, 0.3) is 0 Å². The van der Waals surface area contributed by atoms with Gasteiger partial charge >= 0.3 is 5.97 Å². The number of rotatable bonds is 4. The highest BCUT2D eigenvalue weighted by Gasteiger charge is 2.51. The Labute approximate surface area is 119 Å². The Hall–Kier alpha value is -1.10. The second-order valence-electron chi connectivity index (χ2n) is 6.69. The van der Waals surface area contributed by atoms with E-state index in [1.165, 1.54) is 0 Å². The van der Waals surface area contributed by atoms with Crippen molar-refractivity contribution in [3.63, 3.8) is 0 Å². The number of aliphatic carboxylic acids is 1. The zero-order valence-electron chi connectivity index (χ0n) is 11.8. The zero-order valence-corrected chi connectivity index (χ0v) is 11.8. The van der Waals surface area contributed by atoms with Gasteiger partial charge in [-0.15, -0.1) is 0 Å². The van der Waals surface area contributed by atoms with E-state index in [2.05, 4.69) is 10.6 Å². The second kappa shape index (κ2) is 5.72. The Bertz CT molecular complexity index is 393. The lowest BCUT2D eigenvalue weighted by Crippen LogP contribution is -2.47. The van der Waals surface area contributed by atoms with Gasteiger partial charge in [0.25, 0.3) is 0 Å². The van der Waals surface area contributed by atoms with Gasteiger partial charge in [0.2, 0.25) is 5.91 Å². The van der Waals surface area contributed by atoms with Gasteiger partial charge in [-0.3, -0.25) is 9.59 Å². The van der Waals surface area contributed by atoms with Crippen molar-refractivity contribution < 1.29 is 14.7 Å². The van der Waals surface area contributed by atoms with E-state index >= 15 is 0 Å².